The van der Waals surface area contributed by atoms with Crippen LogP contribution in [0.2, 0.25) is 0 Å². The number of hydrogen-bond donors (Lipinski definition) is 1. The van der Waals surface area contributed by atoms with E-state index in [-0.39, 0.29) is 0 Å². The minimum atomic E-state index is 0.656. The lowest BCUT2D eigenvalue weighted by Crippen LogP contribution is -2.27. The van der Waals surface area contributed by atoms with Gasteiger partial charge in [0.15, 0.2) is 0 Å². The molecular weight excluding hydrogens is 254 g/mol. The summed E-state index contributed by atoms with van der Waals surface area (Å²) in [4.78, 5) is 0. The van der Waals surface area contributed by atoms with Gasteiger partial charge in [0, 0.05) is 11.7 Å². The smallest absolute Gasteiger partial charge is 0.0348 e. The molecule has 2 aromatic carbocycles. The third-order valence-corrected chi connectivity index (χ3v) is 4.71. The maximum atomic E-state index is 3.78. The topological polar surface area (TPSA) is 12.0 Å². The molecule has 1 fully saturated rings. The van der Waals surface area contributed by atoms with Gasteiger partial charge in [0.2, 0.25) is 0 Å². The predicted octanol–water partition coefficient (Wildman–Crippen LogP) is 5.86. The Labute approximate surface area is 128 Å². The Morgan fingerprint density at radius 3 is 2.67 bits per heavy atom. The third-order valence-electron chi connectivity index (χ3n) is 4.71. The molecule has 0 spiro atoms. The van der Waals surface area contributed by atoms with Gasteiger partial charge in [-0.15, -0.1) is 0 Å². The second-order valence-corrected chi connectivity index (χ2v) is 7.07. The van der Waals surface area contributed by atoms with Crippen LogP contribution >= 0.6 is 0 Å². The highest BCUT2D eigenvalue weighted by Gasteiger charge is 2.22. The van der Waals surface area contributed by atoms with Crippen LogP contribution in [0.1, 0.15) is 46.0 Å². The number of rotatable bonds is 4. The van der Waals surface area contributed by atoms with Crippen LogP contribution in [0.15, 0.2) is 42.5 Å². The summed E-state index contributed by atoms with van der Waals surface area (Å²) in [5.74, 6) is 1.74. The van der Waals surface area contributed by atoms with E-state index in [1.54, 1.807) is 0 Å². The standard InChI is InChI=1S/C20H27N/c1-15(2)12-16-6-5-9-19(13-16)21-20-11-10-17-7-3-4-8-18(17)14-20/h3-4,7-8,10-11,14-16,19,21H,5-6,9,12-13H2,1-2H3. The average Bonchev–Trinajstić information content (AvgIpc) is 2.47. The van der Waals surface area contributed by atoms with E-state index in [2.05, 4.69) is 61.6 Å². The highest BCUT2D eigenvalue weighted by molar-refractivity contribution is 5.85. The van der Waals surface area contributed by atoms with E-state index in [4.69, 9.17) is 0 Å². The van der Waals surface area contributed by atoms with Gasteiger partial charge in [0.1, 0.15) is 0 Å². The first-order valence-corrected chi connectivity index (χ1v) is 8.46. The molecule has 0 amide bonds. The average molecular weight is 281 g/mol. The minimum Gasteiger partial charge on any atom is -0.382 e. The van der Waals surface area contributed by atoms with Crippen molar-refractivity contribution >= 4 is 16.5 Å². The van der Waals surface area contributed by atoms with E-state index in [1.807, 2.05) is 0 Å². The molecule has 21 heavy (non-hydrogen) atoms. The van der Waals surface area contributed by atoms with E-state index in [0.29, 0.717) is 6.04 Å². The van der Waals surface area contributed by atoms with Crippen molar-refractivity contribution in [2.24, 2.45) is 11.8 Å². The summed E-state index contributed by atoms with van der Waals surface area (Å²) in [6.45, 7) is 4.70. The first-order valence-electron chi connectivity index (χ1n) is 8.46. The van der Waals surface area contributed by atoms with Crippen molar-refractivity contribution in [1.29, 1.82) is 0 Å². The summed E-state index contributed by atoms with van der Waals surface area (Å²) in [5.41, 5.74) is 1.28. The molecule has 112 valence electrons. The molecule has 2 unspecified atom stereocenters. The Kier molecular flexibility index (Phi) is 4.48. The van der Waals surface area contributed by atoms with Gasteiger partial charge in [-0.3, -0.25) is 0 Å². The fourth-order valence-corrected chi connectivity index (χ4v) is 3.82. The zero-order chi connectivity index (χ0) is 14.7. The molecule has 0 bridgehead atoms. The Morgan fingerprint density at radius 2 is 1.86 bits per heavy atom. The molecule has 3 rings (SSSR count). The third kappa shape index (κ3) is 3.78. The molecule has 0 saturated heterocycles. The number of hydrogen-bond acceptors (Lipinski definition) is 1. The number of fused-ring (bicyclic) bond motifs is 1. The van der Waals surface area contributed by atoms with Crippen LogP contribution < -0.4 is 5.32 Å². The van der Waals surface area contributed by atoms with Crippen molar-refractivity contribution in [3.05, 3.63) is 42.5 Å². The van der Waals surface area contributed by atoms with Crippen molar-refractivity contribution in [2.75, 3.05) is 5.32 Å². The summed E-state index contributed by atoms with van der Waals surface area (Å²) in [7, 11) is 0. The number of nitrogens with one attached hydrogen (secondary N) is 1. The highest BCUT2D eigenvalue weighted by Crippen LogP contribution is 2.31. The van der Waals surface area contributed by atoms with Crippen molar-refractivity contribution in [3.63, 3.8) is 0 Å². The van der Waals surface area contributed by atoms with Crippen LogP contribution in [0.4, 0.5) is 5.69 Å². The molecule has 2 atom stereocenters. The summed E-state index contributed by atoms with van der Waals surface area (Å²) in [6, 6.07) is 16.0. The van der Waals surface area contributed by atoms with Crippen molar-refractivity contribution in [1.82, 2.24) is 0 Å². The van der Waals surface area contributed by atoms with Gasteiger partial charge < -0.3 is 5.32 Å². The van der Waals surface area contributed by atoms with Gasteiger partial charge in [-0.05, 0) is 54.0 Å². The quantitative estimate of drug-likeness (QED) is 0.740. The predicted molar refractivity (Wildman–Crippen MR) is 92.8 cm³/mol. The van der Waals surface area contributed by atoms with Crippen LogP contribution in [0.5, 0.6) is 0 Å². The van der Waals surface area contributed by atoms with E-state index in [9.17, 15) is 0 Å². The van der Waals surface area contributed by atoms with Crippen LogP contribution in [-0.4, -0.2) is 6.04 Å². The molecule has 1 saturated carbocycles. The van der Waals surface area contributed by atoms with Crippen LogP contribution in [-0.2, 0) is 0 Å². The summed E-state index contributed by atoms with van der Waals surface area (Å²) >= 11 is 0. The maximum Gasteiger partial charge on any atom is 0.0348 e. The van der Waals surface area contributed by atoms with Gasteiger partial charge in [-0.2, -0.15) is 0 Å². The van der Waals surface area contributed by atoms with Crippen LogP contribution in [0, 0.1) is 11.8 Å². The van der Waals surface area contributed by atoms with E-state index >= 15 is 0 Å². The fraction of sp³-hybridized carbons (Fsp3) is 0.500. The minimum absolute atomic E-state index is 0.656. The lowest BCUT2D eigenvalue weighted by Gasteiger charge is -2.31. The molecular formula is C20H27N. The lowest BCUT2D eigenvalue weighted by atomic mass is 9.81. The summed E-state index contributed by atoms with van der Waals surface area (Å²) in [5, 5.41) is 6.43. The molecule has 1 N–H and O–H groups in total. The van der Waals surface area contributed by atoms with E-state index < -0.39 is 0 Å². The van der Waals surface area contributed by atoms with Gasteiger partial charge in [-0.1, -0.05) is 57.0 Å². The Balaban J connectivity index is 1.66. The first kappa shape index (κ1) is 14.4. The largest absolute Gasteiger partial charge is 0.382 e. The second kappa shape index (κ2) is 6.51. The summed E-state index contributed by atoms with van der Waals surface area (Å²) in [6.07, 6.45) is 6.85. The van der Waals surface area contributed by atoms with Gasteiger partial charge in [0.25, 0.3) is 0 Å². The van der Waals surface area contributed by atoms with Gasteiger partial charge >= 0.3 is 0 Å². The molecule has 1 nitrogen and oxygen atoms in total. The molecule has 1 aliphatic rings. The van der Waals surface area contributed by atoms with Crippen LogP contribution in [0.25, 0.3) is 10.8 Å². The van der Waals surface area contributed by atoms with E-state index in [0.717, 1.165) is 11.8 Å². The molecule has 1 heteroatoms. The highest BCUT2D eigenvalue weighted by atomic mass is 14.9. The zero-order valence-electron chi connectivity index (χ0n) is 13.3. The monoisotopic (exact) mass is 281 g/mol. The normalized spacial score (nSPS) is 22.6. The lowest BCUT2D eigenvalue weighted by molar-refractivity contribution is 0.289. The SMILES string of the molecule is CC(C)CC1CCCC(Nc2ccc3ccccc3c2)C1. The molecule has 0 heterocycles. The molecule has 0 aliphatic heterocycles. The van der Waals surface area contributed by atoms with Crippen LogP contribution in [0.3, 0.4) is 0 Å². The Bertz CT molecular complexity index is 587. The molecule has 2 aromatic rings. The number of anilines is 1. The summed E-state index contributed by atoms with van der Waals surface area (Å²) < 4.78 is 0. The van der Waals surface area contributed by atoms with Crippen molar-refractivity contribution < 1.29 is 0 Å². The Morgan fingerprint density at radius 1 is 1.05 bits per heavy atom. The zero-order valence-corrected chi connectivity index (χ0v) is 13.3. The number of benzene rings is 2. The fourth-order valence-electron chi connectivity index (χ4n) is 3.82. The van der Waals surface area contributed by atoms with Gasteiger partial charge in [0.05, 0.1) is 0 Å². The van der Waals surface area contributed by atoms with Crippen molar-refractivity contribution in [3.8, 4) is 0 Å². The molecule has 0 radical (unpaired) electrons. The van der Waals surface area contributed by atoms with Gasteiger partial charge in [-0.25, -0.2) is 0 Å². The second-order valence-electron chi connectivity index (χ2n) is 7.07. The Hall–Kier alpha value is -1.50. The van der Waals surface area contributed by atoms with Crippen molar-refractivity contribution in [2.45, 2.75) is 52.0 Å². The van der Waals surface area contributed by atoms with E-state index in [1.165, 1.54) is 48.6 Å². The first-order chi connectivity index (χ1) is 10.2. The maximum absolute atomic E-state index is 3.78. The molecule has 1 aliphatic carbocycles. The molecule has 0 aromatic heterocycles.